The van der Waals surface area contributed by atoms with Gasteiger partial charge in [0.2, 0.25) is 11.8 Å². The second kappa shape index (κ2) is 11.3. The number of benzene rings is 2. The molecule has 32 heavy (non-hydrogen) atoms. The first-order valence-corrected chi connectivity index (χ1v) is 11.4. The van der Waals surface area contributed by atoms with Crippen molar-refractivity contribution >= 4 is 23.4 Å². The Morgan fingerprint density at radius 2 is 1.75 bits per heavy atom. The fourth-order valence-corrected chi connectivity index (χ4v) is 4.25. The summed E-state index contributed by atoms with van der Waals surface area (Å²) < 4.78 is 11.2. The van der Waals surface area contributed by atoms with Gasteiger partial charge in [-0.3, -0.25) is 9.59 Å². The van der Waals surface area contributed by atoms with E-state index in [-0.39, 0.29) is 23.7 Å². The van der Waals surface area contributed by atoms with Gasteiger partial charge in [-0.2, -0.15) is 0 Å². The molecule has 1 aliphatic rings. The van der Waals surface area contributed by atoms with E-state index in [1.165, 1.54) is 12.5 Å². The van der Waals surface area contributed by atoms with Crippen LogP contribution in [0.25, 0.3) is 0 Å². The molecule has 0 radical (unpaired) electrons. The van der Waals surface area contributed by atoms with Crippen molar-refractivity contribution < 1.29 is 19.1 Å². The minimum atomic E-state index is -0.416. The van der Waals surface area contributed by atoms with E-state index >= 15 is 0 Å². The van der Waals surface area contributed by atoms with Crippen molar-refractivity contribution in [2.24, 2.45) is 0 Å². The number of hydrogen-bond acceptors (Lipinski definition) is 4. The van der Waals surface area contributed by atoms with Crippen LogP contribution >= 0.6 is 11.6 Å². The molecule has 0 bridgehead atoms. The van der Waals surface area contributed by atoms with Crippen LogP contribution in [0, 0.1) is 0 Å². The van der Waals surface area contributed by atoms with Gasteiger partial charge in [-0.25, -0.2) is 0 Å². The molecular formula is C25H31ClN2O4. The number of nitrogens with one attached hydrogen (secondary N) is 2. The van der Waals surface area contributed by atoms with Crippen molar-refractivity contribution in [3.05, 3.63) is 64.7 Å². The topological polar surface area (TPSA) is 76.7 Å². The molecule has 0 spiro atoms. The minimum Gasteiger partial charge on any atom is -0.494 e. The molecular weight excluding hydrogens is 428 g/mol. The Hall–Kier alpha value is -2.57. The van der Waals surface area contributed by atoms with Crippen LogP contribution in [-0.4, -0.2) is 38.2 Å². The molecule has 6 nitrogen and oxygen atoms in total. The number of hydrogen-bond donors (Lipinski definition) is 2. The van der Waals surface area contributed by atoms with Gasteiger partial charge in [-0.1, -0.05) is 35.9 Å². The summed E-state index contributed by atoms with van der Waals surface area (Å²) in [5.41, 5.74) is 1.82. The largest absolute Gasteiger partial charge is 0.494 e. The van der Waals surface area contributed by atoms with E-state index in [2.05, 4.69) is 22.8 Å². The van der Waals surface area contributed by atoms with Crippen molar-refractivity contribution in [2.45, 2.75) is 44.6 Å². The van der Waals surface area contributed by atoms with Crippen molar-refractivity contribution in [1.82, 2.24) is 10.6 Å². The lowest BCUT2D eigenvalue weighted by molar-refractivity contribution is -0.123. The first-order valence-electron chi connectivity index (χ1n) is 11.0. The van der Waals surface area contributed by atoms with E-state index in [4.69, 9.17) is 21.1 Å². The standard InChI is InChI=1S/C25H31ClN2O4/c1-3-32-22-10-6-20(7-11-22)25(12-14-31-15-13-25)17-27-24(30)16-23(28-18(2)29)19-4-8-21(26)9-5-19/h4-11,23H,3,12-17H2,1-2H3,(H,27,30)(H,28,29). The second-order valence-electron chi connectivity index (χ2n) is 8.14. The molecule has 3 rings (SSSR count). The first kappa shape index (κ1) is 24.1. The zero-order valence-electron chi connectivity index (χ0n) is 18.7. The van der Waals surface area contributed by atoms with Crippen LogP contribution in [0.15, 0.2) is 48.5 Å². The maximum absolute atomic E-state index is 12.9. The predicted octanol–water partition coefficient (Wildman–Crippen LogP) is 4.17. The molecule has 1 atom stereocenters. The van der Waals surface area contributed by atoms with Crippen LogP contribution in [0.3, 0.4) is 0 Å². The summed E-state index contributed by atoms with van der Waals surface area (Å²) in [6, 6.07) is 14.9. The molecule has 2 N–H and O–H groups in total. The Labute approximate surface area is 194 Å². The van der Waals surface area contributed by atoms with E-state index in [9.17, 15) is 9.59 Å². The van der Waals surface area contributed by atoms with Gasteiger partial charge < -0.3 is 20.1 Å². The zero-order chi connectivity index (χ0) is 23.0. The fraction of sp³-hybridized carbons (Fsp3) is 0.440. The second-order valence-corrected chi connectivity index (χ2v) is 8.57. The highest BCUT2D eigenvalue weighted by molar-refractivity contribution is 6.30. The van der Waals surface area contributed by atoms with Crippen LogP contribution in [0.5, 0.6) is 5.75 Å². The summed E-state index contributed by atoms with van der Waals surface area (Å²) in [6.07, 6.45) is 1.80. The Morgan fingerprint density at radius 1 is 1.09 bits per heavy atom. The van der Waals surface area contributed by atoms with E-state index in [1.54, 1.807) is 12.1 Å². The summed E-state index contributed by atoms with van der Waals surface area (Å²) in [5.74, 6) is 0.534. The first-order chi connectivity index (χ1) is 15.4. The maximum Gasteiger partial charge on any atom is 0.222 e. The molecule has 2 aromatic carbocycles. The Balaban J connectivity index is 1.69. The molecule has 172 valence electrons. The molecule has 1 unspecified atom stereocenters. The molecule has 0 saturated carbocycles. The number of halogens is 1. The normalized spacial score (nSPS) is 16.1. The highest BCUT2D eigenvalue weighted by atomic mass is 35.5. The molecule has 7 heteroatoms. The lowest BCUT2D eigenvalue weighted by Gasteiger charge is -2.38. The van der Waals surface area contributed by atoms with Gasteiger partial charge >= 0.3 is 0 Å². The SMILES string of the molecule is CCOc1ccc(C2(CNC(=O)CC(NC(C)=O)c3ccc(Cl)cc3)CCOCC2)cc1. The van der Waals surface area contributed by atoms with E-state index in [0.29, 0.717) is 31.4 Å². The number of ether oxygens (including phenoxy) is 2. The molecule has 0 aliphatic carbocycles. The van der Waals surface area contributed by atoms with Crippen LogP contribution in [0.1, 0.15) is 50.3 Å². The van der Waals surface area contributed by atoms with Gasteiger partial charge in [0.05, 0.1) is 19.1 Å². The average molecular weight is 459 g/mol. The van der Waals surface area contributed by atoms with Crippen LogP contribution < -0.4 is 15.4 Å². The molecule has 1 aliphatic heterocycles. The summed E-state index contributed by atoms with van der Waals surface area (Å²) in [7, 11) is 0. The molecule has 1 heterocycles. The smallest absolute Gasteiger partial charge is 0.222 e. The number of carbonyl (C=O) groups excluding carboxylic acids is 2. The highest BCUT2D eigenvalue weighted by Gasteiger charge is 2.35. The summed E-state index contributed by atoms with van der Waals surface area (Å²) in [5, 5.41) is 6.59. The number of carbonyl (C=O) groups is 2. The average Bonchev–Trinajstić information content (AvgIpc) is 2.79. The zero-order valence-corrected chi connectivity index (χ0v) is 19.4. The lowest BCUT2D eigenvalue weighted by atomic mass is 9.74. The van der Waals surface area contributed by atoms with Crippen LogP contribution in [0.4, 0.5) is 0 Å². The molecule has 2 amide bonds. The third-order valence-corrected chi connectivity index (χ3v) is 6.14. The number of rotatable bonds is 9. The van der Waals surface area contributed by atoms with Gasteiger partial charge in [0.15, 0.2) is 0 Å². The summed E-state index contributed by atoms with van der Waals surface area (Å²) >= 11 is 5.98. The highest BCUT2D eigenvalue weighted by Crippen LogP contribution is 2.35. The van der Waals surface area contributed by atoms with Crippen molar-refractivity contribution in [2.75, 3.05) is 26.4 Å². The van der Waals surface area contributed by atoms with Gasteiger partial charge in [0.1, 0.15) is 5.75 Å². The third-order valence-electron chi connectivity index (χ3n) is 5.89. The molecule has 0 aromatic heterocycles. The molecule has 2 aromatic rings. The van der Waals surface area contributed by atoms with Crippen molar-refractivity contribution in [1.29, 1.82) is 0 Å². The fourth-order valence-electron chi connectivity index (χ4n) is 4.12. The van der Waals surface area contributed by atoms with Gasteiger partial charge in [0.25, 0.3) is 0 Å². The van der Waals surface area contributed by atoms with Crippen molar-refractivity contribution in [3.8, 4) is 5.75 Å². The minimum absolute atomic E-state index is 0.115. The third kappa shape index (κ3) is 6.47. The Kier molecular flexibility index (Phi) is 8.53. The predicted molar refractivity (Wildman–Crippen MR) is 125 cm³/mol. The number of amides is 2. The van der Waals surface area contributed by atoms with Crippen LogP contribution in [-0.2, 0) is 19.7 Å². The van der Waals surface area contributed by atoms with Gasteiger partial charge in [-0.15, -0.1) is 0 Å². The molecule has 1 saturated heterocycles. The maximum atomic E-state index is 12.9. The lowest BCUT2D eigenvalue weighted by Crippen LogP contribution is -2.45. The van der Waals surface area contributed by atoms with E-state index in [0.717, 1.165) is 24.2 Å². The molecule has 1 fully saturated rings. The monoisotopic (exact) mass is 458 g/mol. The van der Waals surface area contributed by atoms with Crippen molar-refractivity contribution in [3.63, 3.8) is 0 Å². The summed E-state index contributed by atoms with van der Waals surface area (Å²) in [6.45, 7) is 5.85. The van der Waals surface area contributed by atoms with Crippen LogP contribution in [0.2, 0.25) is 5.02 Å². The van der Waals surface area contributed by atoms with Gasteiger partial charge in [0, 0.05) is 37.1 Å². The summed E-state index contributed by atoms with van der Waals surface area (Å²) in [4.78, 5) is 24.6. The Bertz CT molecular complexity index is 893. The quantitative estimate of drug-likeness (QED) is 0.591. The van der Waals surface area contributed by atoms with Gasteiger partial charge in [-0.05, 0) is 55.2 Å². The van der Waals surface area contributed by atoms with E-state index in [1.807, 2.05) is 31.2 Å². The van der Waals surface area contributed by atoms with E-state index < -0.39 is 6.04 Å². The Morgan fingerprint density at radius 3 is 2.34 bits per heavy atom.